The molecule has 0 aliphatic carbocycles. The van der Waals surface area contributed by atoms with Gasteiger partial charge in [-0.3, -0.25) is 4.79 Å². The minimum absolute atomic E-state index is 0.0412. The average Bonchev–Trinajstić information content (AvgIpc) is 2.19. The molecule has 1 rings (SSSR count). The van der Waals surface area contributed by atoms with Gasteiger partial charge >= 0.3 is 12.1 Å². The highest BCUT2D eigenvalue weighted by atomic mass is 19.4. The lowest BCUT2D eigenvalue weighted by Crippen LogP contribution is -2.47. The van der Waals surface area contributed by atoms with Crippen LogP contribution in [0.25, 0.3) is 0 Å². The maximum Gasteiger partial charge on any atom is 0.393 e. The van der Waals surface area contributed by atoms with Crippen LogP contribution >= 0.6 is 0 Å². The van der Waals surface area contributed by atoms with E-state index in [1.807, 2.05) is 13.8 Å². The van der Waals surface area contributed by atoms with E-state index >= 15 is 0 Å². The highest BCUT2D eigenvalue weighted by Gasteiger charge is 2.48. The van der Waals surface area contributed by atoms with E-state index in [1.54, 1.807) is 0 Å². The zero-order valence-corrected chi connectivity index (χ0v) is 8.77. The van der Waals surface area contributed by atoms with Crippen molar-refractivity contribution in [3.63, 3.8) is 0 Å². The van der Waals surface area contributed by atoms with Crippen LogP contribution in [-0.2, 0) is 4.79 Å². The van der Waals surface area contributed by atoms with Gasteiger partial charge in [-0.05, 0) is 13.0 Å². The van der Waals surface area contributed by atoms with E-state index in [0.717, 1.165) is 0 Å². The van der Waals surface area contributed by atoms with Crippen molar-refractivity contribution in [3.8, 4) is 0 Å². The quantitative estimate of drug-likeness (QED) is 0.719. The monoisotopic (exact) mass is 227 g/mol. The maximum absolute atomic E-state index is 12.2. The predicted molar refractivity (Wildman–Crippen MR) is 49.5 cm³/mol. The SMILES string of the molecule is CC.O=C(O)C1CCNCC1C(F)(F)F. The Labute approximate surface area is 86.7 Å². The van der Waals surface area contributed by atoms with E-state index in [2.05, 4.69) is 5.32 Å². The number of halogens is 3. The summed E-state index contributed by atoms with van der Waals surface area (Å²) in [4.78, 5) is 10.5. The normalized spacial score (nSPS) is 26.5. The highest BCUT2D eigenvalue weighted by molar-refractivity contribution is 5.70. The molecule has 3 nitrogen and oxygen atoms in total. The third-order valence-electron chi connectivity index (χ3n) is 2.22. The summed E-state index contributed by atoms with van der Waals surface area (Å²) >= 11 is 0. The number of piperidine rings is 1. The molecule has 1 fully saturated rings. The van der Waals surface area contributed by atoms with Gasteiger partial charge in [0.15, 0.2) is 0 Å². The van der Waals surface area contributed by atoms with Crippen molar-refractivity contribution in [2.24, 2.45) is 11.8 Å². The van der Waals surface area contributed by atoms with E-state index < -0.39 is 24.0 Å². The number of carbonyl (C=O) groups is 1. The molecule has 0 bridgehead atoms. The van der Waals surface area contributed by atoms with Gasteiger partial charge in [0, 0.05) is 6.54 Å². The van der Waals surface area contributed by atoms with Crippen molar-refractivity contribution < 1.29 is 23.1 Å². The largest absolute Gasteiger partial charge is 0.481 e. The van der Waals surface area contributed by atoms with Crippen molar-refractivity contribution >= 4 is 5.97 Å². The minimum atomic E-state index is -4.42. The van der Waals surface area contributed by atoms with Gasteiger partial charge in [0.1, 0.15) is 0 Å². The Morgan fingerprint density at radius 1 is 1.40 bits per heavy atom. The van der Waals surface area contributed by atoms with Crippen LogP contribution in [0.5, 0.6) is 0 Å². The second-order valence-corrected chi connectivity index (χ2v) is 3.09. The lowest BCUT2D eigenvalue weighted by Gasteiger charge is -2.30. The first kappa shape index (κ1) is 14.2. The summed E-state index contributed by atoms with van der Waals surface area (Å²) in [5.74, 6) is -4.40. The Balaban J connectivity index is 0.000000921. The number of alkyl halides is 3. The fraction of sp³-hybridized carbons (Fsp3) is 0.889. The van der Waals surface area contributed by atoms with Gasteiger partial charge in [-0.25, -0.2) is 0 Å². The van der Waals surface area contributed by atoms with Crippen LogP contribution in [0.2, 0.25) is 0 Å². The molecule has 90 valence electrons. The lowest BCUT2D eigenvalue weighted by molar-refractivity contribution is -0.199. The van der Waals surface area contributed by atoms with Crippen LogP contribution in [0.1, 0.15) is 20.3 Å². The summed E-state index contributed by atoms with van der Waals surface area (Å²) in [6, 6.07) is 0. The van der Waals surface area contributed by atoms with Crippen LogP contribution in [0.4, 0.5) is 13.2 Å². The molecule has 6 heteroatoms. The number of aliphatic carboxylic acids is 1. The fourth-order valence-corrected chi connectivity index (χ4v) is 1.50. The van der Waals surface area contributed by atoms with Gasteiger partial charge in [0.2, 0.25) is 0 Å². The molecule has 15 heavy (non-hydrogen) atoms. The molecule has 1 aliphatic heterocycles. The fourth-order valence-electron chi connectivity index (χ4n) is 1.50. The highest BCUT2D eigenvalue weighted by Crippen LogP contribution is 2.34. The zero-order valence-electron chi connectivity index (χ0n) is 8.77. The first-order valence-electron chi connectivity index (χ1n) is 4.93. The molecule has 1 saturated heterocycles. The molecule has 2 atom stereocenters. The molecular weight excluding hydrogens is 211 g/mol. The molecule has 0 aromatic carbocycles. The van der Waals surface area contributed by atoms with Gasteiger partial charge < -0.3 is 10.4 Å². The van der Waals surface area contributed by atoms with Crippen LogP contribution in [0.3, 0.4) is 0 Å². The number of carboxylic acids is 1. The molecule has 2 N–H and O–H groups in total. The number of hydrogen-bond donors (Lipinski definition) is 2. The molecule has 0 radical (unpaired) electrons. The minimum Gasteiger partial charge on any atom is -0.481 e. The lowest BCUT2D eigenvalue weighted by atomic mass is 9.86. The van der Waals surface area contributed by atoms with Crippen LogP contribution in [-0.4, -0.2) is 30.3 Å². The second kappa shape index (κ2) is 5.95. The first-order chi connectivity index (χ1) is 6.93. The third kappa shape index (κ3) is 4.07. The van der Waals surface area contributed by atoms with Crippen molar-refractivity contribution in [1.29, 1.82) is 0 Å². The summed E-state index contributed by atoms with van der Waals surface area (Å²) in [7, 11) is 0. The average molecular weight is 227 g/mol. The van der Waals surface area contributed by atoms with Crippen molar-refractivity contribution in [2.45, 2.75) is 26.4 Å². The van der Waals surface area contributed by atoms with Gasteiger partial charge in [0.05, 0.1) is 11.8 Å². The Morgan fingerprint density at radius 2 is 1.93 bits per heavy atom. The van der Waals surface area contributed by atoms with Gasteiger partial charge in [-0.2, -0.15) is 13.2 Å². The van der Waals surface area contributed by atoms with Gasteiger partial charge in [-0.15, -0.1) is 0 Å². The molecule has 1 aliphatic rings. The summed E-state index contributed by atoms with van der Waals surface area (Å²) in [6.45, 7) is 4.05. The third-order valence-corrected chi connectivity index (χ3v) is 2.22. The van der Waals surface area contributed by atoms with Crippen molar-refractivity contribution in [2.75, 3.05) is 13.1 Å². The van der Waals surface area contributed by atoms with Gasteiger partial charge in [0.25, 0.3) is 0 Å². The Morgan fingerprint density at radius 3 is 2.27 bits per heavy atom. The van der Waals surface area contributed by atoms with E-state index in [9.17, 15) is 18.0 Å². The summed E-state index contributed by atoms with van der Waals surface area (Å²) in [5, 5.41) is 11.1. The number of hydrogen-bond acceptors (Lipinski definition) is 2. The topological polar surface area (TPSA) is 49.3 Å². The molecule has 1 heterocycles. The first-order valence-corrected chi connectivity index (χ1v) is 4.93. The van der Waals surface area contributed by atoms with E-state index in [-0.39, 0.29) is 13.0 Å². The van der Waals surface area contributed by atoms with E-state index in [1.165, 1.54) is 0 Å². The molecule has 0 amide bonds. The standard InChI is InChI=1S/C7H10F3NO2.C2H6/c8-7(9,10)5-3-11-2-1-4(5)6(12)13;1-2/h4-5,11H,1-3H2,(H,12,13);1-2H3. The molecule has 0 spiro atoms. The molecule has 0 aromatic heterocycles. The number of carboxylic acid groups (broad SMARTS) is 1. The van der Waals surface area contributed by atoms with E-state index in [4.69, 9.17) is 5.11 Å². The number of nitrogens with one attached hydrogen (secondary N) is 1. The summed E-state index contributed by atoms with van der Waals surface area (Å²) < 4.78 is 36.7. The molecule has 2 unspecified atom stereocenters. The number of rotatable bonds is 1. The predicted octanol–water partition coefficient (Wildman–Crippen LogP) is 1.89. The van der Waals surface area contributed by atoms with Crippen molar-refractivity contribution in [3.05, 3.63) is 0 Å². The van der Waals surface area contributed by atoms with Crippen LogP contribution in [0.15, 0.2) is 0 Å². The Hall–Kier alpha value is -0.780. The second-order valence-electron chi connectivity index (χ2n) is 3.09. The van der Waals surface area contributed by atoms with Crippen molar-refractivity contribution in [1.82, 2.24) is 5.32 Å². The van der Waals surface area contributed by atoms with Crippen LogP contribution < -0.4 is 5.32 Å². The van der Waals surface area contributed by atoms with Crippen LogP contribution in [0, 0.1) is 11.8 Å². The Bertz CT molecular complexity index is 206. The molecule has 0 saturated carbocycles. The molecule has 0 aromatic rings. The maximum atomic E-state index is 12.2. The smallest absolute Gasteiger partial charge is 0.393 e. The zero-order chi connectivity index (χ0) is 12.1. The van der Waals surface area contributed by atoms with E-state index in [0.29, 0.717) is 6.54 Å². The summed E-state index contributed by atoms with van der Waals surface area (Å²) in [5.41, 5.74) is 0. The summed E-state index contributed by atoms with van der Waals surface area (Å²) in [6.07, 6.45) is -4.38. The molecular formula is C9H16F3NO2. The van der Waals surface area contributed by atoms with Gasteiger partial charge in [-0.1, -0.05) is 13.8 Å². The Kier molecular flexibility index (Phi) is 5.64.